The molecule has 2 saturated heterocycles. The molecule has 21 heavy (non-hydrogen) atoms. The Balaban J connectivity index is 0.00000106. The van der Waals surface area contributed by atoms with Crippen LogP contribution in [0.25, 0.3) is 0 Å². The summed E-state index contributed by atoms with van der Waals surface area (Å²) in [7, 11) is 0. The molecule has 0 aromatic rings. The van der Waals surface area contributed by atoms with Gasteiger partial charge in [-0.25, -0.2) is 0 Å². The zero-order valence-electron chi connectivity index (χ0n) is 14.0. The lowest BCUT2D eigenvalue weighted by Gasteiger charge is -2.42. The molecule has 0 bridgehead atoms. The molecule has 2 aliphatic heterocycles. The van der Waals surface area contributed by atoms with Crippen molar-refractivity contribution in [1.29, 1.82) is 10.5 Å². The maximum atomic E-state index is 9.07. The molecule has 0 radical (unpaired) electrons. The van der Waals surface area contributed by atoms with Crippen molar-refractivity contribution in [3.05, 3.63) is 0 Å². The van der Waals surface area contributed by atoms with Gasteiger partial charge in [0, 0.05) is 32.1 Å². The summed E-state index contributed by atoms with van der Waals surface area (Å²) in [5.41, 5.74) is 0. The summed E-state index contributed by atoms with van der Waals surface area (Å²) >= 11 is 0. The van der Waals surface area contributed by atoms with Crippen molar-refractivity contribution >= 4 is 0 Å². The largest absolute Gasteiger partial charge is 0.310 e. The zero-order chi connectivity index (χ0) is 15.8. The Morgan fingerprint density at radius 2 is 1.81 bits per heavy atom. The molecular weight excluding hydrogens is 260 g/mol. The van der Waals surface area contributed by atoms with Crippen molar-refractivity contribution in [3.63, 3.8) is 0 Å². The summed E-state index contributed by atoms with van der Waals surface area (Å²) in [6.45, 7) is 12.5. The molecule has 2 aliphatic rings. The van der Waals surface area contributed by atoms with Crippen molar-refractivity contribution in [2.24, 2.45) is 17.8 Å². The second-order valence-electron chi connectivity index (χ2n) is 6.26. The fraction of sp³-hybridized carbons (Fsp3) is 0.882. The summed E-state index contributed by atoms with van der Waals surface area (Å²) in [6, 6.07) is 2.94. The van der Waals surface area contributed by atoms with Crippen LogP contribution in [0.1, 0.15) is 47.0 Å². The molecule has 118 valence electrons. The van der Waals surface area contributed by atoms with Crippen LogP contribution < -0.4 is 0 Å². The smallest absolute Gasteiger partial charge is 0.179 e. The summed E-state index contributed by atoms with van der Waals surface area (Å²) in [6.07, 6.45) is 5.24. The van der Waals surface area contributed by atoms with E-state index in [2.05, 4.69) is 31.0 Å². The number of hydrogen-bond acceptors (Lipinski definition) is 4. The minimum absolute atomic E-state index is 0.491. The molecule has 3 unspecified atom stereocenters. The maximum Gasteiger partial charge on any atom is 0.179 e. The van der Waals surface area contributed by atoms with E-state index in [9.17, 15) is 0 Å². The number of nitriles is 2. The van der Waals surface area contributed by atoms with Gasteiger partial charge in [-0.3, -0.25) is 0 Å². The molecule has 0 spiro atoms. The molecule has 2 heterocycles. The minimum atomic E-state index is 0.491. The van der Waals surface area contributed by atoms with Crippen LogP contribution in [0, 0.1) is 40.5 Å². The lowest BCUT2D eigenvalue weighted by Crippen LogP contribution is -2.46. The molecule has 0 amide bonds. The summed E-state index contributed by atoms with van der Waals surface area (Å²) in [5, 5.41) is 18.1. The first-order valence-electron chi connectivity index (χ1n) is 8.41. The Morgan fingerprint density at radius 3 is 2.33 bits per heavy atom. The second-order valence-corrected chi connectivity index (χ2v) is 6.26. The molecule has 0 aromatic carbocycles. The summed E-state index contributed by atoms with van der Waals surface area (Å²) < 4.78 is 0. The third-order valence-corrected chi connectivity index (χ3v) is 4.88. The van der Waals surface area contributed by atoms with Gasteiger partial charge in [0.05, 0.1) is 6.07 Å². The van der Waals surface area contributed by atoms with Gasteiger partial charge in [-0.15, -0.1) is 0 Å². The van der Waals surface area contributed by atoms with Crippen LogP contribution in [-0.2, 0) is 0 Å². The van der Waals surface area contributed by atoms with E-state index in [1.165, 1.54) is 6.42 Å². The average molecular weight is 290 g/mol. The van der Waals surface area contributed by atoms with Gasteiger partial charge in [0.25, 0.3) is 0 Å². The number of nitrogens with zero attached hydrogens (tertiary/aromatic N) is 4. The quantitative estimate of drug-likeness (QED) is 0.750. The molecule has 0 aromatic heterocycles. The fourth-order valence-corrected chi connectivity index (χ4v) is 3.73. The zero-order valence-corrected chi connectivity index (χ0v) is 14.0. The lowest BCUT2D eigenvalue weighted by atomic mass is 9.75. The van der Waals surface area contributed by atoms with E-state index in [4.69, 9.17) is 10.5 Å². The Morgan fingerprint density at radius 1 is 1.10 bits per heavy atom. The number of rotatable bonds is 3. The third-order valence-electron chi connectivity index (χ3n) is 4.88. The summed E-state index contributed by atoms with van der Waals surface area (Å²) in [4.78, 5) is 4.37. The van der Waals surface area contributed by atoms with Gasteiger partial charge in [-0.05, 0) is 51.0 Å². The van der Waals surface area contributed by atoms with E-state index >= 15 is 0 Å². The van der Waals surface area contributed by atoms with Gasteiger partial charge in [0.1, 0.15) is 0 Å². The average Bonchev–Trinajstić information content (AvgIpc) is 2.98. The van der Waals surface area contributed by atoms with Crippen LogP contribution in [-0.4, -0.2) is 42.0 Å². The molecule has 0 N–H and O–H groups in total. The molecule has 0 saturated carbocycles. The van der Waals surface area contributed by atoms with E-state index in [0.717, 1.165) is 32.6 Å². The SMILES string of the molecule is CC.CC(C)N1CCC(C2CCN(C#N)C2)C(CC#N)C1. The van der Waals surface area contributed by atoms with Crippen LogP contribution in [0.15, 0.2) is 0 Å². The Labute approximate surface area is 130 Å². The predicted octanol–water partition coefficient (Wildman–Crippen LogP) is 3.08. The van der Waals surface area contributed by atoms with Crippen molar-refractivity contribution in [2.45, 2.75) is 53.0 Å². The minimum Gasteiger partial charge on any atom is -0.310 e. The van der Waals surface area contributed by atoms with Gasteiger partial charge < -0.3 is 9.80 Å². The van der Waals surface area contributed by atoms with Crippen molar-refractivity contribution in [3.8, 4) is 12.3 Å². The Hall–Kier alpha value is -1.26. The lowest BCUT2D eigenvalue weighted by molar-refractivity contribution is 0.0672. The second kappa shape index (κ2) is 8.90. The molecule has 2 rings (SSSR count). The van der Waals surface area contributed by atoms with Crippen molar-refractivity contribution in [2.75, 3.05) is 26.2 Å². The highest BCUT2D eigenvalue weighted by molar-refractivity contribution is 4.95. The Kier molecular flexibility index (Phi) is 7.54. The highest BCUT2D eigenvalue weighted by Gasteiger charge is 2.37. The molecular formula is C17H30N4. The van der Waals surface area contributed by atoms with Gasteiger partial charge in [0.15, 0.2) is 6.19 Å². The van der Waals surface area contributed by atoms with E-state index in [0.29, 0.717) is 30.2 Å². The number of likely N-dealkylation sites (tertiary alicyclic amines) is 2. The van der Waals surface area contributed by atoms with Gasteiger partial charge in [0.2, 0.25) is 0 Å². The van der Waals surface area contributed by atoms with Gasteiger partial charge in [-0.1, -0.05) is 13.8 Å². The number of piperidine rings is 1. The monoisotopic (exact) mass is 290 g/mol. The highest BCUT2D eigenvalue weighted by Crippen LogP contribution is 2.37. The summed E-state index contributed by atoms with van der Waals surface area (Å²) in [5.74, 6) is 1.74. The first kappa shape index (κ1) is 17.8. The van der Waals surface area contributed by atoms with E-state index < -0.39 is 0 Å². The Bertz CT molecular complexity index is 379. The first-order valence-corrected chi connectivity index (χ1v) is 8.41. The van der Waals surface area contributed by atoms with E-state index in [-0.39, 0.29) is 0 Å². The molecule has 4 heteroatoms. The molecule has 0 aliphatic carbocycles. The van der Waals surface area contributed by atoms with Gasteiger partial charge in [-0.2, -0.15) is 10.5 Å². The van der Waals surface area contributed by atoms with Crippen LogP contribution in [0.5, 0.6) is 0 Å². The van der Waals surface area contributed by atoms with Crippen LogP contribution in [0.4, 0.5) is 0 Å². The predicted molar refractivity (Wildman–Crippen MR) is 85.2 cm³/mol. The molecule has 2 fully saturated rings. The fourth-order valence-electron chi connectivity index (χ4n) is 3.73. The van der Waals surface area contributed by atoms with Crippen molar-refractivity contribution in [1.82, 2.24) is 9.80 Å². The highest BCUT2D eigenvalue weighted by atomic mass is 15.2. The molecule has 3 atom stereocenters. The van der Waals surface area contributed by atoms with Crippen LogP contribution >= 0.6 is 0 Å². The first-order chi connectivity index (χ1) is 10.2. The van der Waals surface area contributed by atoms with E-state index in [1.54, 1.807) is 0 Å². The third kappa shape index (κ3) is 4.61. The van der Waals surface area contributed by atoms with Crippen molar-refractivity contribution < 1.29 is 0 Å². The van der Waals surface area contributed by atoms with Gasteiger partial charge >= 0.3 is 0 Å². The standard InChI is InChI=1S/C15H24N4.C2H6/c1-12(2)19-8-5-15(13(10-19)3-6-16)14-4-7-18(9-14)11-17;1-2/h12-15H,3-5,7-10H2,1-2H3;1-2H3. The maximum absolute atomic E-state index is 9.07. The van der Waals surface area contributed by atoms with E-state index in [1.807, 2.05) is 18.7 Å². The van der Waals surface area contributed by atoms with Crippen LogP contribution in [0.3, 0.4) is 0 Å². The number of hydrogen-bond donors (Lipinski definition) is 0. The molecule has 4 nitrogen and oxygen atoms in total. The normalized spacial score (nSPS) is 29.5. The topological polar surface area (TPSA) is 54.1 Å². The van der Waals surface area contributed by atoms with Crippen LogP contribution in [0.2, 0.25) is 0 Å².